The van der Waals surface area contributed by atoms with E-state index in [1.54, 1.807) is 0 Å². The van der Waals surface area contributed by atoms with Gasteiger partial charge in [0, 0.05) is 5.75 Å². The Hall–Kier alpha value is -1.81. The van der Waals surface area contributed by atoms with Crippen LogP contribution in [0.2, 0.25) is 0 Å². The van der Waals surface area contributed by atoms with Crippen LogP contribution in [0.15, 0.2) is 0 Å². The largest absolute Gasteiger partial charge is 0.480 e. The molecule has 0 bridgehead atoms. The number of rotatable bonds is 8. The van der Waals surface area contributed by atoms with Crippen molar-refractivity contribution in [2.75, 3.05) is 25.4 Å². The van der Waals surface area contributed by atoms with E-state index in [0.29, 0.717) is 0 Å². The zero-order valence-electron chi connectivity index (χ0n) is 10.0. The van der Waals surface area contributed by atoms with E-state index in [1.165, 1.54) is 0 Å². The summed E-state index contributed by atoms with van der Waals surface area (Å²) < 4.78 is 0. The molecule has 0 radical (unpaired) electrons. The van der Waals surface area contributed by atoms with Crippen molar-refractivity contribution in [3.8, 4) is 0 Å². The van der Waals surface area contributed by atoms with Gasteiger partial charge >= 0.3 is 5.97 Å². The fourth-order valence-corrected chi connectivity index (χ4v) is 1.17. The molecule has 1 atom stereocenters. The van der Waals surface area contributed by atoms with Crippen molar-refractivity contribution in [1.82, 2.24) is 16.0 Å². The molecule has 0 rings (SSSR count). The molecule has 0 aromatic carbocycles. The fourth-order valence-electron chi connectivity index (χ4n) is 0.923. The minimum absolute atomic E-state index is 0.0679. The Balaban J connectivity index is 3.92. The van der Waals surface area contributed by atoms with Gasteiger partial charge in [-0.05, 0) is 0 Å². The Morgan fingerprint density at radius 3 is 2.05 bits per heavy atom. The lowest BCUT2D eigenvalue weighted by Gasteiger charge is -2.12. The van der Waals surface area contributed by atoms with Crippen molar-refractivity contribution in [3.05, 3.63) is 0 Å². The SMILES string of the molecule is NCC(=O)NCC(=O)NCC(=O)N[C@@H](CS)C(=O)O. The number of carboxylic acids is 1. The van der Waals surface area contributed by atoms with Crippen LogP contribution in [0.25, 0.3) is 0 Å². The Morgan fingerprint density at radius 2 is 1.58 bits per heavy atom. The highest BCUT2D eigenvalue weighted by Gasteiger charge is 2.18. The Kier molecular flexibility index (Phi) is 8.29. The number of carbonyl (C=O) groups is 4. The predicted molar refractivity (Wildman–Crippen MR) is 68.5 cm³/mol. The van der Waals surface area contributed by atoms with Crippen molar-refractivity contribution in [2.45, 2.75) is 6.04 Å². The number of carboxylic acid groups (broad SMARTS) is 1. The molecule has 0 fully saturated rings. The quantitative estimate of drug-likeness (QED) is 0.258. The van der Waals surface area contributed by atoms with E-state index in [0.717, 1.165) is 0 Å². The highest BCUT2D eigenvalue weighted by molar-refractivity contribution is 7.80. The number of thiol groups is 1. The lowest BCUT2D eigenvalue weighted by atomic mass is 10.3. The van der Waals surface area contributed by atoms with Gasteiger partial charge in [0.05, 0.1) is 19.6 Å². The third kappa shape index (κ3) is 8.00. The van der Waals surface area contributed by atoms with Crippen LogP contribution in [0.3, 0.4) is 0 Å². The highest BCUT2D eigenvalue weighted by atomic mass is 32.1. The summed E-state index contributed by atoms with van der Waals surface area (Å²) in [6.45, 7) is -0.941. The first-order valence-corrected chi connectivity index (χ1v) is 5.90. The zero-order valence-corrected chi connectivity index (χ0v) is 10.9. The molecule has 0 heterocycles. The topological polar surface area (TPSA) is 151 Å². The second kappa shape index (κ2) is 9.16. The molecule has 0 aromatic heterocycles. The third-order valence-corrected chi connectivity index (χ3v) is 2.26. The minimum Gasteiger partial charge on any atom is -0.480 e. The summed E-state index contributed by atoms with van der Waals surface area (Å²) in [7, 11) is 0. The monoisotopic (exact) mass is 292 g/mol. The number of amides is 3. The minimum atomic E-state index is -1.22. The first kappa shape index (κ1) is 17.2. The van der Waals surface area contributed by atoms with Gasteiger partial charge in [-0.1, -0.05) is 0 Å². The van der Waals surface area contributed by atoms with E-state index >= 15 is 0 Å². The van der Waals surface area contributed by atoms with Gasteiger partial charge in [0.25, 0.3) is 0 Å². The van der Waals surface area contributed by atoms with Crippen LogP contribution >= 0.6 is 12.6 Å². The molecule has 0 saturated heterocycles. The second-order valence-corrected chi connectivity index (χ2v) is 3.76. The van der Waals surface area contributed by atoms with Crippen LogP contribution in [0.5, 0.6) is 0 Å². The molecular weight excluding hydrogens is 276 g/mol. The van der Waals surface area contributed by atoms with Crippen molar-refractivity contribution in [3.63, 3.8) is 0 Å². The van der Waals surface area contributed by atoms with Crippen molar-refractivity contribution < 1.29 is 24.3 Å². The van der Waals surface area contributed by atoms with E-state index in [1.807, 2.05) is 0 Å². The second-order valence-electron chi connectivity index (χ2n) is 3.40. The molecule has 19 heavy (non-hydrogen) atoms. The third-order valence-electron chi connectivity index (χ3n) is 1.89. The Labute approximate surface area is 114 Å². The molecule has 0 unspecified atom stereocenters. The molecule has 6 N–H and O–H groups in total. The average Bonchev–Trinajstić information content (AvgIpc) is 2.39. The molecule has 0 aliphatic heterocycles. The predicted octanol–water partition coefficient (Wildman–Crippen LogP) is -3.32. The van der Waals surface area contributed by atoms with Gasteiger partial charge in [-0.15, -0.1) is 0 Å². The molecule has 108 valence electrons. The summed E-state index contributed by atoms with van der Waals surface area (Å²) in [4.78, 5) is 43.8. The molecule has 0 spiro atoms. The maximum atomic E-state index is 11.3. The lowest BCUT2D eigenvalue weighted by Crippen LogP contribution is -2.48. The molecule has 3 amide bonds. The number of carbonyl (C=O) groups excluding carboxylic acids is 3. The summed E-state index contributed by atoms with van der Waals surface area (Å²) in [5.41, 5.74) is 5.01. The van der Waals surface area contributed by atoms with Crippen molar-refractivity contribution in [2.24, 2.45) is 5.73 Å². The molecule has 0 saturated carbocycles. The standard InChI is InChI=1S/C9H16N4O5S/c10-1-6(14)11-2-7(15)12-3-8(16)13-5(4-19)9(17)18/h5,19H,1-4,10H2,(H,11,14)(H,12,15)(H,13,16)(H,17,18)/t5-/m0/s1. The van der Waals surface area contributed by atoms with Crippen molar-refractivity contribution >= 4 is 36.3 Å². The summed E-state index contributed by atoms with van der Waals surface area (Å²) in [5, 5.41) is 15.2. The molecule has 10 heteroatoms. The first-order chi connectivity index (χ1) is 8.90. The van der Waals surface area contributed by atoms with Gasteiger partial charge in [0.2, 0.25) is 17.7 Å². The maximum absolute atomic E-state index is 11.3. The van der Waals surface area contributed by atoms with Crippen LogP contribution < -0.4 is 21.7 Å². The summed E-state index contributed by atoms with van der Waals surface area (Å²) in [6, 6.07) is -1.12. The fraction of sp³-hybridized carbons (Fsp3) is 0.556. The molecular formula is C9H16N4O5S. The smallest absolute Gasteiger partial charge is 0.327 e. The van der Waals surface area contributed by atoms with E-state index < -0.39 is 36.3 Å². The summed E-state index contributed by atoms with van der Waals surface area (Å²) >= 11 is 3.76. The number of aliphatic carboxylic acids is 1. The van der Waals surface area contributed by atoms with Crippen molar-refractivity contribution in [1.29, 1.82) is 0 Å². The van der Waals surface area contributed by atoms with Gasteiger partial charge in [-0.25, -0.2) is 4.79 Å². The molecule has 0 aromatic rings. The summed E-state index contributed by atoms with van der Waals surface area (Å²) in [6.07, 6.45) is 0. The van der Waals surface area contributed by atoms with Crippen LogP contribution in [-0.2, 0) is 19.2 Å². The van der Waals surface area contributed by atoms with Crippen LogP contribution in [-0.4, -0.2) is 60.2 Å². The van der Waals surface area contributed by atoms with E-state index in [-0.39, 0.29) is 18.8 Å². The Bertz CT molecular complexity index is 363. The van der Waals surface area contributed by atoms with E-state index in [2.05, 4.69) is 28.6 Å². The Morgan fingerprint density at radius 1 is 1.05 bits per heavy atom. The van der Waals surface area contributed by atoms with Gasteiger partial charge < -0.3 is 26.8 Å². The zero-order chi connectivity index (χ0) is 14.8. The molecule has 0 aliphatic rings. The molecule has 9 nitrogen and oxygen atoms in total. The van der Waals surface area contributed by atoms with Crippen LogP contribution in [0, 0.1) is 0 Å². The maximum Gasteiger partial charge on any atom is 0.327 e. The van der Waals surface area contributed by atoms with Crippen LogP contribution in [0.4, 0.5) is 0 Å². The van der Waals surface area contributed by atoms with Gasteiger partial charge in [-0.2, -0.15) is 12.6 Å². The summed E-state index contributed by atoms with van der Waals surface area (Å²) in [5.74, 6) is -3.04. The van der Waals surface area contributed by atoms with Gasteiger partial charge in [-0.3, -0.25) is 14.4 Å². The van der Waals surface area contributed by atoms with Crippen LogP contribution in [0.1, 0.15) is 0 Å². The van der Waals surface area contributed by atoms with Gasteiger partial charge in [0.1, 0.15) is 6.04 Å². The number of nitrogens with two attached hydrogens (primary N) is 1. The lowest BCUT2D eigenvalue weighted by molar-refractivity contribution is -0.141. The highest BCUT2D eigenvalue weighted by Crippen LogP contribution is 1.87. The average molecular weight is 292 g/mol. The van der Waals surface area contributed by atoms with Gasteiger partial charge in [0.15, 0.2) is 0 Å². The normalized spacial score (nSPS) is 11.3. The number of nitrogens with one attached hydrogen (secondary N) is 3. The van der Waals surface area contributed by atoms with E-state index in [9.17, 15) is 19.2 Å². The molecule has 0 aliphatic carbocycles. The van der Waals surface area contributed by atoms with E-state index in [4.69, 9.17) is 10.8 Å². The first-order valence-electron chi connectivity index (χ1n) is 5.27. The number of hydrogen-bond donors (Lipinski definition) is 6. The number of hydrogen-bond acceptors (Lipinski definition) is 6.